The summed E-state index contributed by atoms with van der Waals surface area (Å²) in [6.45, 7) is 1.68. The van der Waals surface area contributed by atoms with Crippen LogP contribution in [0, 0.1) is 0 Å². The van der Waals surface area contributed by atoms with E-state index in [1.54, 1.807) is 19.1 Å². The van der Waals surface area contributed by atoms with E-state index < -0.39 is 31.9 Å². The maximum Gasteiger partial charge on any atom is 0.330 e. The Morgan fingerprint density at radius 1 is 1.00 bits per heavy atom. The van der Waals surface area contributed by atoms with Crippen molar-refractivity contribution >= 4 is 31.9 Å². The van der Waals surface area contributed by atoms with Crippen molar-refractivity contribution in [1.29, 1.82) is 0 Å². The van der Waals surface area contributed by atoms with Crippen LogP contribution in [0.4, 0.5) is 0 Å². The molecule has 0 radical (unpaired) electrons. The number of carbonyl (C=O) groups is 1. The molecule has 0 N–H and O–H groups in total. The molecule has 2 aromatic rings. The van der Waals surface area contributed by atoms with Gasteiger partial charge >= 0.3 is 5.97 Å². The van der Waals surface area contributed by atoms with Crippen LogP contribution in [0.2, 0.25) is 0 Å². The molecule has 0 saturated heterocycles. The molecule has 0 saturated carbocycles. The fraction of sp³-hybridized carbons (Fsp3) is 0.318. The molecule has 0 aromatic heterocycles. The first kappa shape index (κ1) is 26.4. The van der Waals surface area contributed by atoms with E-state index in [-0.39, 0.29) is 21.3 Å². The number of ether oxygens (including phenoxy) is 3. The number of methoxy groups -OCH3 is 3. The van der Waals surface area contributed by atoms with Gasteiger partial charge in [-0.2, -0.15) is 4.31 Å². The number of esters is 1. The van der Waals surface area contributed by atoms with Gasteiger partial charge in [-0.1, -0.05) is 12.1 Å². The lowest BCUT2D eigenvalue weighted by atomic mass is 10.1. The minimum absolute atomic E-state index is 0.0131. The maximum absolute atomic E-state index is 13.5. The van der Waals surface area contributed by atoms with Crippen molar-refractivity contribution in [1.82, 2.24) is 4.31 Å². The van der Waals surface area contributed by atoms with Crippen LogP contribution in [0.3, 0.4) is 0 Å². The Hall–Kier alpha value is -2.89. The topological polar surface area (TPSA) is 116 Å². The van der Waals surface area contributed by atoms with Crippen molar-refractivity contribution in [3.8, 4) is 11.5 Å². The molecule has 1 atom stereocenters. The number of nitrogens with zero attached hydrogens (tertiary/aromatic N) is 1. The highest BCUT2D eigenvalue weighted by Crippen LogP contribution is 2.39. The van der Waals surface area contributed by atoms with Crippen molar-refractivity contribution in [3.05, 3.63) is 53.6 Å². The molecule has 2 aromatic carbocycles. The predicted molar refractivity (Wildman–Crippen MR) is 124 cm³/mol. The number of rotatable bonds is 9. The zero-order valence-electron chi connectivity index (χ0n) is 19.2. The summed E-state index contributed by atoms with van der Waals surface area (Å²) in [5.41, 5.74) is 0.983. The van der Waals surface area contributed by atoms with E-state index in [9.17, 15) is 21.6 Å². The normalized spacial score (nSPS) is 13.2. The summed E-state index contributed by atoms with van der Waals surface area (Å²) in [7, 11) is -2.14. The van der Waals surface area contributed by atoms with Crippen molar-refractivity contribution < 1.29 is 35.8 Å². The molecule has 11 heteroatoms. The summed E-state index contributed by atoms with van der Waals surface area (Å²) >= 11 is 0. The third-order valence-electron chi connectivity index (χ3n) is 5.07. The fourth-order valence-electron chi connectivity index (χ4n) is 3.04. The fourth-order valence-corrected chi connectivity index (χ4v) is 5.22. The number of hydrogen-bond donors (Lipinski definition) is 0. The Balaban J connectivity index is 2.54. The summed E-state index contributed by atoms with van der Waals surface area (Å²) in [5, 5.41) is 0. The summed E-state index contributed by atoms with van der Waals surface area (Å²) < 4.78 is 66.9. The van der Waals surface area contributed by atoms with E-state index in [0.29, 0.717) is 11.1 Å². The molecule has 180 valence electrons. The number of carbonyl (C=O) groups excluding carboxylic acids is 1. The molecule has 0 aliphatic carbocycles. The van der Waals surface area contributed by atoms with E-state index in [1.165, 1.54) is 58.7 Å². The zero-order valence-corrected chi connectivity index (χ0v) is 20.9. The lowest BCUT2D eigenvalue weighted by Gasteiger charge is -2.26. The van der Waals surface area contributed by atoms with Gasteiger partial charge in [0.05, 0.1) is 26.2 Å². The Morgan fingerprint density at radius 2 is 1.61 bits per heavy atom. The first-order chi connectivity index (χ1) is 15.4. The average Bonchev–Trinajstić information content (AvgIpc) is 2.80. The molecule has 9 nitrogen and oxygen atoms in total. The van der Waals surface area contributed by atoms with Crippen molar-refractivity contribution in [2.45, 2.75) is 22.8 Å². The monoisotopic (exact) mass is 497 g/mol. The molecule has 0 fully saturated rings. The minimum atomic E-state index is -4.11. The van der Waals surface area contributed by atoms with Crippen LogP contribution in [0.5, 0.6) is 11.5 Å². The SMILES string of the molecule is COC(=O)/C=C/c1cc(OC)c(OC)c(S(=O)(=O)N(C)C(C)c2ccc(S(C)(=O)=O)cc2)c1. The van der Waals surface area contributed by atoms with E-state index in [1.807, 2.05) is 0 Å². The van der Waals surface area contributed by atoms with Gasteiger partial charge in [-0.25, -0.2) is 21.6 Å². The van der Waals surface area contributed by atoms with Gasteiger partial charge < -0.3 is 14.2 Å². The van der Waals surface area contributed by atoms with Crippen LogP contribution in [0.25, 0.3) is 6.08 Å². The van der Waals surface area contributed by atoms with Gasteiger partial charge in [-0.15, -0.1) is 0 Å². The first-order valence-electron chi connectivity index (χ1n) is 9.67. The molecule has 1 unspecified atom stereocenters. The van der Waals surface area contributed by atoms with Crippen LogP contribution in [0.15, 0.2) is 52.3 Å². The number of sulfonamides is 1. The molecule has 0 aliphatic rings. The lowest BCUT2D eigenvalue weighted by molar-refractivity contribution is -0.134. The first-order valence-corrected chi connectivity index (χ1v) is 13.0. The van der Waals surface area contributed by atoms with Crippen molar-refractivity contribution in [3.63, 3.8) is 0 Å². The second-order valence-electron chi connectivity index (χ2n) is 7.15. The average molecular weight is 498 g/mol. The van der Waals surface area contributed by atoms with Gasteiger partial charge in [-0.3, -0.25) is 0 Å². The lowest BCUT2D eigenvalue weighted by Crippen LogP contribution is -2.30. The highest BCUT2D eigenvalue weighted by Gasteiger charge is 2.31. The molecule has 2 rings (SSSR count). The predicted octanol–water partition coefficient (Wildman–Crippen LogP) is 2.68. The third-order valence-corrected chi connectivity index (χ3v) is 8.14. The van der Waals surface area contributed by atoms with Crippen LogP contribution in [-0.2, 0) is 29.4 Å². The van der Waals surface area contributed by atoms with Crippen molar-refractivity contribution in [2.24, 2.45) is 0 Å². The largest absolute Gasteiger partial charge is 0.493 e. The molecule has 0 amide bonds. The Labute approximate surface area is 194 Å². The van der Waals surface area contributed by atoms with E-state index in [4.69, 9.17) is 9.47 Å². The summed E-state index contributed by atoms with van der Waals surface area (Å²) in [6.07, 6.45) is 3.66. The van der Waals surface area contributed by atoms with Gasteiger partial charge in [0.2, 0.25) is 10.0 Å². The highest BCUT2D eigenvalue weighted by atomic mass is 32.2. The Kier molecular flexibility index (Phi) is 8.28. The molecule has 0 aliphatic heterocycles. The second kappa shape index (κ2) is 10.4. The molecular formula is C22H27NO8S2. The Bertz CT molecular complexity index is 1250. The van der Waals surface area contributed by atoms with E-state index >= 15 is 0 Å². The van der Waals surface area contributed by atoms with E-state index in [0.717, 1.165) is 16.6 Å². The van der Waals surface area contributed by atoms with Gasteiger partial charge in [0.15, 0.2) is 21.3 Å². The smallest absolute Gasteiger partial charge is 0.330 e. The van der Waals surface area contributed by atoms with Crippen molar-refractivity contribution in [2.75, 3.05) is 34.6 Å². The third kappa shape index (κ3) is 5.92. The summed E-state index contributed by atoms with van der Waals surface area (Å²) in [6, 6.07) is 8.28. The molecular weight excluding hydrogens is 470 g/mol. The second-order valence-corrected chi connectivity index (χ2v) is 11.1. The highest BCUT2D eigenvalue weighted by molar-refractivity contribution is 7.90. The van der Waals surface area contributed by atoms with Gasteiger partial charge in [0.25, 0.3) is 0 Å². The minimum Gasteiger partial charge on any atom is -0.493 e. The quantitative estimate of drug-likeness (QED) is 0.384. The van der Waals surface area contributed by atoms with E-state index in [2.05, 4.69) is 4.74 Å². The molecule has 0 heterocycles. The van der Waals surface area contributed by atoms with Crippen LogP contribution >= 0.6 is 0 Å². The number of benzene rings is 2. The molecule has 33 heavy (non-hydrogen) atoms. The maximum atomic E-state index is 13.5. The zero-order chi connectivity index (χ0) is 25.0. The van der Waals surface area contributed by atoms with Gasteiger partial charge in [0.1, 0.15) is 4.90 Å². The number of sulfone groups is 1. The van der Waals surface area contributed by atoms with Crippen LogP contribution in [0.1, 0.15) is 24.1 Å². The molecule has 0 spiro atoms. The standard InChI is InChI=1S/C22H27NO8S2/c1-15(17-8-10-18(11-9-17)32(6,25)26)23(2)33(27,28)20-14-16(7-12-21(24)30-4)13-19(29-3)22(20)31-5/h7-15H,1-6H3/b12-7+. The summed E-state index contributed by atoms with van der Waals surface area (Å²) in [5.74, 6) is -0.418. The summed E-state index contributed by atoms with van der Waals surface area (Å²) in [4.78, 5) is 11.4. The Morgan fingerprint density at radius 3 is 2.09 bits per heavy atom. The number of hydrogen-bond acceptors (Lipinski definition) is 8. The van der Waals surface area contributed by atoms with Crippen LogP contribution in [-0.4, -0.2) is 61.7 Å². The molecule has 0 bridgehead atoms. The van der Waals surface area contributed by atoms with Crippen LogP contribution < -0.4 is 9.47 Å². The van der Waals surface area contributed by atoms with Gasteiger partial charge in [-0.05, 0) is 48.4 Å². The van der Waals surface area contributed by atoms with Gasteiger partial charge in [0, 0.05) is 25.4 Å².